The van der Waals surface area contributed by atoms with Crippen LogP contribution in [0.15, 0.2) is 18.2 Å². The van der Waals surface area contributed by atoms with E-state index in [1.807, 2.05) is 30.6 Å². The van der Waals surface area contributed by atoms with Crippen molar-refractivity contribution < 1.29 is 0 Å². The van der Waals surface area contributed by atoms with Gasteiger partial charge < -0.3 is 10.2 Å². The Morgan fingerprint density at radius 2 is 1.91 bits per heavy atom. The Morgan fingerprint density at radius 1 is 1.23 bits per heavy atom. The molecular weight excluding hydrogens is 292 g/mol. The van der Waals surface area contributed by atoms with E-state index in [4.69, 9.17) is 12.2 Å². The van der Waals surface area contributed by atoms with E-state index in [-0.39, 0.29) is 0 Å². The lowest BCUT2D eigenvalue weighted by molar-refractivity contribution is 0.505. The number of thiocarbonyl (C=S) groups is 1. The fraction of sp³-hybridized carbons (Fsp3) is 0.412. The zero-order valence-corrected chi connectivity index (χ0v) is 15.0. The predicted molar refractivity (Wildman–Crippen MR) is 96.3 cm³/mol. The van der Waals surface area contributed by atoms with Gasteiger partial charge in [-0.1, -0.05) is 6.07 Å². The van der Waals surface area contributed by atoms with Gasteiger partial charge in [0, 0.05) is 37.6 Å². The molecule has 1 aromatic heterocycles. The number of benzene rings is 1. The van der Waals surface area contributed by atoms with Crippen molar-refractivity contribution in [3.05, 3.63) is 46.3 Å². The summed E-state index contributed by atoms with van der Waals surface area (Å²) in [5.74, 6) is 0. The molecule has 0 bridgehead atoms. The van der Waals surface area contributed by atoms with Gasteiger partial charge in [0.25, 0.3) is 0 Å². The third-order valence-electron chi connectivity index (χ3n) is 4.16. The number of aryl methyl sites for hydroxylation is 4. The molecule has 22 heavy (non-hydrogen) atoms. The Kier molecular flexibility index (Phi) is 4.86. The number of hydrogen-bond donors (Lipinski definition) is 1. The van der Waals surface area contributed by atoms with Crippen molar-refractivity contribution in [1.29, 1.82) is 0 Å². The summed E-state index contributed by atoms with van der Waals surface area (Å²) in [6, 6.07) is 6.29. The van der Waals surface area contributed by atoms with Crippen LogP contribution < -0.4 is 5.32 Å². The second kappa shape index (κ2) is 6.48. The first-order valence-electron chi connectivity index (χ1n) is 7.38. The molecule has 0 aliphatic carbocycles. The topological polar surface area (TPSA) is 33.1 Å². The Balaban J connectivity index is 2.07. The standard InChI is InChI=1S/C17H24N4S/c1-11-7-8-15(9-12(11)2)18-17(22)20(5)10-16-13(3)19-21(6)14(16)4/h7-9H,10H2,1-6H3,(H,18,22). The first kappa shape index (κ1) is 16.5. The van der Waals surface area contributed by atoms with Gasteiger partial charge in [0.15, 0.2) is 5.11 Å². The fourth-order valence-corrected chi connectivity index (χ4v) is 2.58. The summed E-state index contributed by atoms with van der Waals surface area (Å²) in [5.41, 5.74) is 7.04. The van der Waals surface area contributed by atoms with Gasteiger partial charge >= 0.3 is 0 Å². The highest BCUT2D eigenvalue weighted by Gasteiger charge is 2.13. The van der Waals surface area contributed by atoms with E-state index in [1.54, 1.807) is 0 Å². The van der Waals surface area contributed by atoms with Crippen molar-refractivity contribution in [3.63, 3.8) is 0 Å². The lowest BCUT2D eigenvalue weighted by Gasteiger charge is -2.21. The third-order valence-corrected chi connectivity index (χ3v) is 4.57. The van der Waals surface area contributed by atoms with E-state index in [2.05, 4.69) is 49.4 Å². The minimum absolute atomic E-state index is 0.714. The highest BCUT2D eigenvalue weighted by Crippen LogP contribution is 2.17. The van der Waals surface area contributed by atoms with Crippen LogP contribution in [0.2, 0.25) is 0 Å². The molecule has 0 spiro atoms. The third kappa shape index (κ3) is 3.47. The molecule has 5 heteroatoms. The van der Waals surface area contributed by atoms with Gasteiger partial charge in [-0.2, -0.15) is 5.10 Å². The van der Waals surface area contributed by atoms with Gasteiger partial charge in [-0.25, -0.2) is 0 Å². The Bertz CT molecular complexity index is 703. The minimum Gasteiger partial charge on any atom is -0.348 e. The molecule has 0 aliphatic heterocycles. The summed E-state index contributed by atoms with van der Waals surface area (Å²) >= 11 is 5.51. The molecule has 0 atom stereocenters. The molecule has 1 heterocycles. The highest BCUT2D eigenvalue weighted by atomic mass is 32.1. The first-order chi connectivity index (χ1) is 10.3. The van der Waals surface area contributed by atoms with Crippen LogP contribution >= 0.6 is 12.2 Å². The van der Waals surface area contributed by atoms with Crippen LogP contribution in [-0.2, 0) is 13.6 Å². The maximum Gasteiger partial charge on any atom is 0.173 e. The van der Waals surface area contributed by atoms with E-state index in [9.17, 15) is 0 Å². The summed E-state index contributed by atoms with van der Waals surface area (Å²) in [7, 11) is 3.97. The fourth-order valence-electron chi connectivity index (χ4n) is 2.39. The van der Waals surface area contributed by atoms with Gasteiger partial charge in [0.1, 0.15) is 0 Å². The monoisotopic (exact) mass is 316 g/mol. The van der Waals surface area contributed by atoms with Gasteiger partial charge in [-0.15, -0.1) is 0 Å². The van der Waals surface area contributed by atoms with E-state index in [1.165, 1.54) is 22.4 Å². The van der Waals surface area contributed by atoms with Crippen LogP contribution in [0, 0.1) is 27.7 Å². The largest absolute Gasteiger partial charge is 0.348 e. The predicted octanol–water partition coefficient (Wildman–Crippen LogP) is 3.48. The molecule has 118 valence electrons. The van der Waals surface area contributed by atoms with Crippen LogP contribution in [0.3, 0.4) is 0 Å². The molecule has 0 unspecified atom stereocenters. The molecule has 0 saturated heterocycles. The second-order valence-corrected chi connectivity index (χ2v) is 6.24. The van der Waals surface area contributed by atoms with Crippen LogP contribution in [0.25, 0.3) is 0 Å². The summed E-state index contributed by atoms with van der Waals surface area (Å²) < 4.78 is 1.91. The van der Waals surface area contributed by atoms with Gasteiger partial charge in [-0.05, 0) is 63.2 Å². The number of aromatic nitrogens is 2. The lowest BCUT2D eigenvalue weighted by Crippen LogP contribution is -2.31. The van der Waals surface area contributed by atoms with Crippen molar-refractivity contribution in [2.24, 2.45) is 7.05 Å². The van der Waals surface area contributed by atoms with Crippen LogP contribution in [-0.4, -0.2) is 26.8 Å². The van der Waals surface area contributed by atoms with Gasteiger partial charge in [0.05, 0.1) is 5.69 Å². The van der Waals surface area contributed by atoms with Crippen LogP contribution in [0.4, 0.5) is 5.69 Å². The maximum atomic E-state index is 5.51. The molecular formula is C17H24N4S. The minimum atomic E-state index is 0.714. The Hall–Kier alpha value is -1.88. The molecule has 1 N–H and O–H groups in total. The van der Waals surface area contributed by atoms with Crippen molar-refractivity contribution in [3.8, 4) is 0 Å². The smallest absolute Gasteiger partial charge is 0.173 e. The van der Waals surface area contributed by atoms with E-state index >= 15 is 0 Å². The number of rotatable bonds is 3. The van der Waals surface area contributed by atoms with E-state index in [0.717, 1.165) is 17.9 Å². The molecule has 0 radical (unpaired) electrons. The SMILES string of the molecule is Cc1ccc(NC(=S)N(C)Cc2c(C)nn(C)c2C)cc1C. The zero-order chi connectivity index (χ0) is 16.4. The summed E-state index contributed by atoms with van der Waals surface area (Å²) in [6.07, 6.45) is 0. The average Bonchev–Trinajstić information content (AvgIpc) is 2.69. The first-order valence-corrected chi connectivity index (χ1v) is 7.79. The van der Waals surface area contributed by atoms with Crippen LogP contribution in [0.1, 0.15) is 28.1 Å². The molecule has 2 aromatic rings. The quantitative estimate of drug-likeness (QED) is 0.879. The number of hydrogen-bond acceptors (Lipinski definition) is 2. The lowest BCUT2D eigenvalue weighted by atomic mass is 10.1. The molecule has 0 fully saturated rings. The normalized spacial score (nSPS) is 10.6. The number of anilines is 1. The van der Waals surface area contributed by atoms with Crippen molar-refractivity contribution in [1.82, 2.24) is 14.7 Å². The molecule has 1 aromatic carbocycles. The molecule has 2 rings (SSSR count). The summed E-state index contributed by atoms with van der Waals surface area (Å²) in [4.78, 5) is 2.04. The second-order valence-electron chi connectivity index (χ2n) is 5.86. The summed E-state index contributed by atoms with van der Waals surface area (Å²) in [6.45, 7) is 9.09. The summed E-state index contributed by atoms with van der Waals surface area (Å²) in [5, 5.41) is 8.47. The number of nitrogens with zero attached hydrogens (tertiary/aromatic N) is 3. The molecule has 0 saturated carbocycles. The Labute approximate surface area is 138 Å². The van der Waals surface area contributed by atoms with Crippen molar-refractivity contribution in [2.75, 3.05) is 12.4 Å². The molecule has 0 amide bonds. The van der Waals surface area contributed by atoms with Crippen molar-refractivity contribution in [2.45, 2.75) is 34.2 Å². The maximum absolute atomic E-state index is 5.51. The van der Waals surface area contributed by atoms with E-state index in [0.29, 0.717) is 5.11 Å². The zero-order valence-electron chi connectivity index (χ0n) is 14.2. The Morgan fingerprint density at radius 3 is 2.45 bits per heavy atom. The molecule has 0 aliphatic rings. The van der Waals surface area contributed by atoms with Crippen LogP contribution in [0.5, 0.6) is 0 Å². The van der Waals surface area contributed by atoms with Crippen molar-refractivity contribution >= 4 is 23.0 Å². The van der Waals surface area contributed by atoms with Gasteiger partial charge in [-0.3, -0.25) is 4.68 Å². The molecule has 4 nitrogen and oxygen atoms in total. The van der Waals surface area contributed by atoms with Gasteiger partial charge in [0.2, 0.25) is 0 Å². The number of nitrogens with one attached hydrogen (secondary N) is 1. The average molecular weight is 316 g/mol. The van der Waals surface area contributed by atoms with E-state index < -0.39 is 0 Å². The highest BCUT2D eigenvalue weighted by molar-refractivity contribution is 7.80.